The molecule has 1 N–H and O–H groups in total. The largest absolute Gasteiger partial charge is 0.497 e. The molecule has 108 valence electrons. The Kier molecular flexibility index (Phi) is 5.83. The van der Waals surface area contributed by atoms with Gasteiger partial charge in [-0.1, -0.05) is 13.0 Å². The molecule has 0 aromatic heterocycles. The summed E-state index contributed by atoms with van der Waals surface area (Å²) in [4.78, 5) is 0. The van der Waals surface area contributed by atoms with Gasteiger partial charge in [-0.2, -0.15) is 0 Å². The Morgan fingerprint density at radius 1 is 1.32 bits per heavy atom. The van der Waals surface area contributed by atoms with Gasteiger partial charge in [0, 0.05) is 6.61 Å². The number of likely N-dealkylation sites (N-methyl/N-ethyl adjacent to an activating group) is 1. The van der Waals surface area contributed by atoms with Crippen LogP contribution in [0.5, 0.6) is 5.75 Å². The highest BCUT2D eigenvalue weighted by Crippen LogP contribution is 2.34. The Morgan fingerprint density at radius 2 is 2.00 bits per heavy atom. The van der Waals surface area contributed by atoms with E-state index in [1.807, 2.05) is 20.0 Å². The second kappa shape index (κ2) is 6.92. The second-order valence-electron chi connectivity index (χ2n) is 5.04. The van der Waals surface area contributed by atoms with E-state index in [0.29, 0.717) is 0 Å². The zero-order chi connectivity index (χ0) is 14.5. The molecule has 0 amide bonds. The maximum Gasteiger partial charge on any atom is 0.119 e. The van der Waals surface area contributed by atoms with Gasteiger partial charge in [0.1, 0.15) is 5.75 Å². The van der Waals surface area contributed by atoms with Crippen molar-refractivity contribution in [2.24, 2.45) is 0 Å². The van der Waals surface area contributed by atoms with Gasteiger partial charge in [-0.05, 0) is 57.5 Å². The molecule has 0 spiro atoms. The molecule has 3 heteroatoms. The zero-order valence-corrected chi connectivity index (χ0v) is 13.0. The van der Waals surface area contributed by atoms with Gasteiger partial charge in [0.2, 0.25) is 0 Å². The van der Waals surface area contributed by atoms with Crippen molar-refractivity contribution >= 4 is 0 Å². The predicted molar refractivity (Wildman–Crippen MR) is 79.9 cm³/mol. The zero-order valence-electron chi connectivity index (χ0n) is 13.0. The Hall–Kier alpha value is -1.06. The number of hydrogen-bond donors (Lipinski definition) is 1. The quantitative estimate of drug-likeness (QED) is 0.819. The second-order valence-corrected chi connectivity index (χ2v) is 5.04. The lowest BCUT2D eigenvalue weighted by Crippen LogP contribution is -2.42. The van der Waals surface area contributed by atoms with Crippen LogP contribution in [0.2, 0.25) is 0 Å². The lowest BCUT2D eigenvalue weighted by molar-refractivity contribution is -0.0548. The van der Waals surface area contributed by atoms with Crippen LogP contribution in [0.4, 0.5) is 0 Å². The van der Waals surface area contributed by atoms with Crippen LogP contribution in [0, 0.1) is 6.92 Å². The summed E-state index contributed by atoms with van der Waals surface area (Å²) in [6, 6.07) is 6.38. The van der Waals surface area contributed by atoms with Crippen molar-refractivity contribution in [3.8, 4) is 5.75 Å². The topological polar surface area (TPSA) is 30.5 Å². The molecule has 0 aliphatic rings. The van der Waals surface area contributed by atoms with E-state index in [1.165, 1.54) is 11.1 Å². The number of rotatable bonds is 7. The first kappa shape index (κ1) is 16.0. The molecule has 0 aliphatic heterocycles. The van der Waals surface area contributed by atoms with Gasteiger partial charge in [0.25, 0.3) is 0 Å². The third-order valence-corrected chi connectivity index (χ3v) is 3.86. The summed E-state index contributed by atoms with van der Waals surface area (Å²) < 4.78 is 11.3. The Labute approximate surface area is 117 Å². The van der Waals surface area contributed by atoms with E-state index in [0.717, 1.165) is 18.8 Å². The highest BCUT2D eigenvalue weighted by Gasteiger charge is 2.34. The molecule has 0 heterocycles. The summed E-state index contributed by atoms with van der Waals surface area (Å²) in [5.74, 6) is 0.894. The minimum Gasteiger partial charge on any atom is -0.497 e. The number of ether oxygens (including phenoxy) is 2. The van der Waals surface area contributed by atoms with Gasteiger partial charge in [0.05, 0.1) is 18.8 Å². The van der Waals surface area contributed by atoms with Crippen LogP contribution in [0.25, 0.3) is 0 Å². The molecule has 0 saturated heterocycles. The maximum absolute atomic E-state index is 6.00. The molecular weight excluding hydrogens is 238 g/mol. The number of nitrogens with one attached hydrogen (secondary N) is 1. The molecule has 2 unspecified atom stereocenters. The molecule has 2 atom stereocenters. The van der Waals surface area contributed by atoms with Crippen LogP contribution in [-0.4, -0.2) is 26.4 Å². The predicted octanol–water partition coefficient (Wildman–Crippen LogP) is 3.47. The van der Waals surface area contributed by atoms with Crippen molar-refractivity contribution in [1.29, 1.82) is 0 Å². The van der Waals surface area contributed by atoms with Crippen LogP contribution in [0.15, 0.2) is 18.2 Å². The summed E-state index contributed by atoms with van der Waals surface area (Å²) in [6.45, 7) is 9.21. The van der Waals surface area contributed by atoms with Gasteiger partial charge in [-0.3, -0.25) is 0 Å². The smallest absolute Gasteiger partial charge is 0.119 e. The molecule has 0 saturated carbocycles. The fourth-order valence-corrected chi connectivity index (χ4v) is 2.61. The normalized spacial score (nSPS) is 15.9. The fraction of sp³-hybridized carbons (Fsp3) is 0.625. The highest BCUT2D eigenvalue weighted by atomic mass is 16.5. The Balaban J connectivity index is 3.15. The first-order valence-electron chi connectivity index (χ1n) is 6.98. The average Bonchev–Trinajstić information content (AvgIpc) is 2.41. The van der Waals surface area contributed by atoms with Crippen molar-refractivity contribution in [2.45, 2.75) is 45.8 Å². The SMILES string of the molecule is CCOC(C)(CC)C(NC)c1ccc(OC)cc1C. The number of aryl methyl sites for hydroxylation is 1. The number of methoxy groups -OCH3 is 1. The van der Waals surface area contributed by atoms with E-state index in [4.69, 9.17) is 9.47 Å². The standard InChI is InChI=1S/C16H27NO2/c1-7-16(4,19-8-2)15(17-5)14-10-9-13(18-6)11-12(14)3/h9-11,15,17H,7-8H2,1-6H3. The summed E-state index contributed by atoms with van der Waals surface area (Å²) in [5, 5.41) is 3.41. The van der Waals surface area contributed by atoms with Crippen molar-refractivity contribution < 1.29 is 9.47 Å². The van der Waals surface area contributed by atoms with Gasteiger partial charge >= 0.3 is 0 Å². The molecule has 1 aromatic rings. The fourth-order valence-electron chi connectivity index (χ4n) is 2.61. The van der Waals surface area contributed by atoms with Gasteiger partial charge in [0.15, 0.2) is 0 Å². The van der Waals surface area contributed by atoms with Gasteiger partial charge < -0.3 is 14.8 Å². The third-order valence-electron chi connectivity index (χ3n) is 3.86. The van der Waals surface area contributed by atoms with Crippen LogP contribution >= 0.6 is 0 Å². The van der Waals surface area contributed by atoms with Gasteiger partial charge in [-0.25, -0.2) is 0 Å². The lowest BCUT2D eigenvalue weighted by Gasteiger charge is -2.37. The first-order valence-corrected chi connectivity index (χ1v) is 6.98. The molecule has 19 heavy (non-hydrogen) atoms. The molecule has 1 aromatic carbocycles. The summed E-state index contributed by atoms with van der Waals surface area (Å²) in [7, 11) is 3.68. The molecule has 0 bridgehead atoms. The molecule has 0 radical (unpaired) electrons. The van der Waals surface area contributed by atoms with Crippen molar-refractivity contribution in [2.75, 3.05) is 20.8 Å². The maximum atomic E-state index is 6.00. The monoisotopic (exact) mass is 265 g/mol. The minimum absolute atomic E-state index is 0.170. The van der Waals surface area contributed by atoms with Crippen molar-refractivity contribution in [3.63, 3.8) is 0 Å². The van der Waals surface area contributed by atoms with Crippen LogP contribution < -0.4 is 10.1 Å². The van der Waals surface area contributed by atoms with Crippen LogP contribution in [0.3, 0.4) is 0 Å². The molecular formula is C16H27NO2. The van der Waals surface area contributed by atoms with E-state index in [9.17, 15) is 0 Å². The average molecular weight is 265 g/mol. The molecule has 1 rings (SSSR count). The molecule has 0 aliphatic carbocycles. The van der Waals surface area contributed by atoms with Crippen molar-refractivity contribution in [1.82, 2.24) is 5.32 Å². The summed E-state index contributed by atoms with van der Waals surface area (Å²) in [5.41, 5.74) is 2.28. The summed E-state index contributed by atoms with van der Waals surface area (Å²) in [6.07, 6.45) is 0.956. The molecule has 3 nitrogen and oxygen atoms in total. The highest BCUT2D eigenvalue weighted by molar-refractivity contribution is 5.37. The van der Waals surface area contributed by atoms with E-state index < -0.39 is 0 Å². The van der Waals surface area contributed by atoms with E-state index >= 15 is 0 Å². The third kappa shape index (κ3) is 3.48. The van der Waals surface area contributed by atoms with Crippen LogP contribution in [-0.2, 0) is 4.74 Å². The lowest BCUT2D eigenvalue weighted by atomic mass is 9.85. The van der Waals surface area contributed by atoms with Crippen molar-refractivity contribution in [3.05, 3.63) is 29.3 Å². The number of hydrogen-bond acceptors (Lipinski definition) is 3. The van der Waals surface area contributed by atoms with E-state index in [1.54, 1.807) is 7.11 Å². The number of benzene rings is 1. The Bertz CT molecular complexity index is 406. The van der Waals surface area contributed by atoms with Crippen LogP contribution in [0.1, 0.15) is 44.4 Å². The van der Waals surface area contributed by atoms with E-state index in [-0.39, 0.29) is 11.6 Å². The molecule has 0 fully saturated rings. The first-order chi connectivity index (χ1) is 9.02. The minimum atomic E-state index is -0.206. The Morgan fingerprint density at radius 3 is 2.42 bits per heavy atom. The van der Waals surface area contributed by atoms with E-state index in [2.05, 4.69) is 38.2 Å². The summed E-state index contributed by atoms with van der Waals surface area (Å²) >= 11 is 0. The van der Waals surface area contributed by atoms with Gasteiger partial charge in [-0.15, -0.1) is 0 Å².